The molecule has 2 aromatic carbocycles. The van der Waals surface area contributed by atoms with Crippen molar-refractivity contribution in [1.29, 1.82) is 0 Å². The maximum absolute atomic E-state index is 12.9. The van der Waals surface area contributed by atoms with Crippen molar-refractivity contribution < 1.29 is 9.18 Å². The van der Waals surface area contributed by atoms with E-state index in [1.807, 2.05) is 31.2 Å². The second kappa shape index (κ2) is 7.95. The smallest absolute Gasteiger partial charge is 0.251 e. The standard InChI is InChI=1S/C21H21FN2O2/c1-14-2-5-16-13-17(21(26)24-19(16)12-14)6-9-20(25)23-11-10-15-3-7-18(22)8-4-15/h2-5,7-8,12-13H,6,9-11H2,1H3,(H,23,25)(H,24,26). The molecule has 0 spiro atoms. The molecule has 4 nitrogen and oxygen atoms in total. The van der Waals surface area contributed by atoms with Gasteiger partial charge in [-0.05, 0) is 60.5 Å². The van der Waals surface area contributed by atoms with Gasteiger partial charge in [0.1, 0.15) is 5.82 Å². The van der Waals surface area contributed by atoms with Crippen molar-refractivity contribution in [3.63, 3.8) is 0 Å². The maximum atomic E-state index is 12.9. The molecule has 1 aromatic heterocycles. The molecule has 0 radical (unpaired) electrons. The first-order valence-electron chi connectivity index (χ1n) is 8.65. The van der Waals surface area contributed by atoms with Gasteiger partial charge in [0.15, 0.2) is 0 Å². The second-order valence-corrected chi connectivity index (χ2v) is 6.44. The molecule has 26 heavy (non-hydrogen) atoms. The van der Waals surface area contributed by atoms with Crippen LogP contribution in [0.15, 0.2) is 53.3 Å². The minimum Gasteiger partial charge on any atom is -0.356 e. The van der Waals surface area contributed by atoms with Crippen LogP contribution in [0.3, 0.4) is 0 Å². The number of aryl methyl sites for hydroxylation is 2. The largest absolute Gasteiger partial charge is 0.356 e. The van der Waals surface area contributed by atoms with E-state index in [1.54, 1.807) is 12.1 Å². The number of amides is 1. The Morgan fingerprint density at radius 1 is 1.08 bits per heavy atom. The minimum absolute atomic E-state index is 0.101. The molecule has 0 bridgehead atoms. The highest BCUT2D eigenvalue weighted by Gasteiger charge is 2.07. The van der Waals surface area contributed by atoms with E-state index in [0.29, 0.717) is 24.9 Å². The molecule has 5 heteroatoms. The third-order valence-corrected chi connectivity index (χ3v) is 4.35. The SMILES string of the molecule is Cc1ccc2cc(CCC(=O)NCCc3ccc(F)cc3)c(=O)[nH]c2c1. The molecule has 0 unspecified atom stereocenters. The number of hydrogen-bond donors (Lipinski definition) is 2. The number of carbonyl (C=O) groups excluding carboxylic acids is 1. The molecule has 0 aliphatic rings. The summed E-state index contributed by atoms with van der Waals surface area (Å²) in [6.07, 6.45) is 1.29. The lowest BCUT2D eigenvalue weighted by atomic mass is 10.1. The fourth-order valence-electron chi connectivity index (χ4n) is 2.88. The normalized spacial score (nSPS) is 10.8. The first kappa shape index (κ1) is 17.9. The lowest BCUT2D eigenvalue weighted by molar-refractivity contribution is -0.121. The van der Waals surface area contributed by atoms with Crippen molar-refractivity contribution in [3.05, 3.63) is 81.4 Å². The van der Waals surface area contributed by atoms with Gasteiger partial charge < -0.3 is 10.3 Å². The van der Waals surface area contributed by atoms with Crippen molar-refractivity contribution in [2.45, 2.75) is 26.2 Å². The van der Waals surface area contributed by atoms with Gasteiger partial charge in [-0.2, -0.15) is 0 Å². The Balaban J connectivity index is 1.53. The summed E-state index contributed by atoms with van der Waals surface area (Å²) in [5, 5.41) is 3.80. The quantitative estimate of drug-likeness (QED) is 0.715. The van der Waals surface area contributed by atoms with E-state index in [2.05, 4.69) is 10.3 Å². The highest BCUT2D eigenvalue weighted by molar-refractivity contribution is 5.80. The first-order chi connectivity index (χ1) is 12.5. The number of aromatic nitrogens is 1. The number of benzene rings is 2. The molecule has 3 aromatic rings. The average molecular weight is 352 g/mol. The number of carbonyl (C=O) groups is 1. The first-order valence-corrected chi connectivity index (χ1v) is 8.65. The van der Waals surface area contributed by atoms with E-state index in [9.17, 15) is 14.0 Å². The second-order valence-electron chi connectivity index (χ2n) is 6.44. The van der Waals surface area contributed by atoms with Crippen LogP contribution in [0.2, 0.25) is 0 Å². The number of nitrogens with one attached hydrogen (secondary N) is 2. The maximum Gasteiger partial charge on any atom is 0.251 e. The molecular weight excluding hydrogens is 331 g/mol. The number of fused-ring (bicyclic) bond motifs is 1. The van der Waals surface area contributed by atoms with E-state index >= 15 is 0 Å². The zero-order valence-corrected chi connectivity index (χ0v) is 14.6. The Labute approximate surface area is 151 Å². The number of H-pyrrole nitrogens is 1. The van der Waals surface area contributed by atoms with Crippen molar-refractivity contribution in [2.24, 2.45) is 0 Å². The lowest BCUT2D eigenvalue weighted by Gasteiger charge is -2.06. The number of aromatic amines is 1. The molecule has 0 aliphatic heterocycles. The van der Waals surface area contributed by atoms with Gasteiger partial charge in [0.05, 0.1) is 0 Å². The van der Waals surface area contributed by atoms with Gasteiger partial charge in [-0.15, -0.1) is 0 Å². The zero-order valence-electron chi connectivity index (χ0n) is 14.6. The van der Waals surface area contributed by atoms with Gasteiger partial charge in [0, 0.05) is 24.0 Å². The van der Waals surface area contributed by atoms with Crippen LogP contribution >= 0.6 is 0 Å². The van der Waals surface area contributed by atoms with Gasteiger partial charge in [0.25, 0.3) is 5.56 Å². The summed E-state index contributed by atoms with van der Waals surface area (Å²) in [6, 6.07) is 14.0. The average Bonchev–Trinajstić information content (AvgIpc) is 2.61. The number of hydrogen-bond acceptors (Lipinski definition) is 2. The van der Waals surface area contributed by atoms with Crippen LogP contribution in [-0.4, -0.2) is 17.4 Å². The van der Waals surface area contributed by atoms with Gasteiger partial charge in [-0.1, -0.05) is 24.3 Å². The van der Waals surface area contributed by atoms with E-state index in [1.165, 1.54) is 12.1 Å². The molecule has 0 saturated heterocycles. The van der Waals surface area contributed by atoms with Crippen LogP contribution in [0.5, 0.6) is 0 Å². The molecule has 0 atom stereocenters. The fourth-order valence-corrected chi connectivity index (χ4v) is 2.88. The van der Waals surface area contributed by atoms with E-state index in [4.69, 9.17) is 0 Å². The van der Waals surface area contributed by atoms with Gasteiger partial charge >= 0.3 is 0 Å². The molecule has 3 rings (SSSR count). The van der Waals surface area contributed by atoms with Crippen molar-refractivity contribution >= 4 is 16.8 Å². The molecular formula is C21H21FN2O2. The molecule has 134 valence electrons. The van der Waals surface area contributed by atoms with Gasteiger partial charge in [0.2, 0.25) is 5.91 Å². The molecule has 0 aliphatic carbocycles. The number of halogens is 1. The lowest BCUT2D eigenvalue weighted by Crippen LogP contribution is -2.26. The van der Waals surface area contributed by atoms with Crippen LogP contribution in [0.4, 0.5) is 4.39 Å². The molecule has 1 amide bonds. The molecule has 0 saturated carbocycles. The fraction of sp³-hybridized carbons (Fsp3) is 0.238. The topological polar surface area (TPSA) is 62.0 Å². The van der Waals surface area contributed by atoms with E-state index < -0.39 is 0 Å². The summed E-state index contributed by atoms with van der Waals surface area (Å²) < 4.78 is 12.9. The van der Waals surface area contributed by atoms with Crippen molar-refractivity contribution in [1.82, 2.24) is 10.3 Å². The Morgan fingerprint density at radius 2 is 1.85 bits per heavy atom. The molecule has 1 heterocycles. The van der Waals surface area contributed by atoms with E-state index in [0.717, 1.165) is 22.0 Å². The Hall–Kier alpha value is -2.95. The highest BCUT2D eigenvalue weighted by atomic mass is 19.1. The summed E-state index contributed by atoms with van der Waals surface area (Å²) in [5.41, 5.74) is 3.31. The summed E-state index contributed by atoms with van der Waals surface area (Å²) in [6.45, 7) is 2.46. The third-order valence-electron chi connectivity index (χ3n) is 4.35. The summed E-state index contributed by atoms with van der Waals surface area (Å²) in [5.74, 6) is -0.371. The Kier molecular flexibility index (Phi) is 5.46. The predicted octanol–water partition coefficient (Wildman–Crippen LogP) is 3.27. The molecule has 2 N–H and O–H groups in total. The summed E-state index contributed by atoms with van der Waals surface area (Å²) in [7, 11) is 0. The Morgan fingerprint density at radius 3 is 2.62 bits per heavy atom. The van der Waals surface area contributed by atoms with Crippen LogP contribution < -0.4 is 10.9 Å². The van der Waals surface area contributed by atoms with E-state index in [-0.39, 0.29) is 23.7 Å². The Bertz CT molecular complexity index is 977. The van der Waals surface area contributed by atoms with Crippen molar-refractivity contribution in [3.8, 4) is 0 Å². The zero-order chi connectivity index (χ0) is 18.5. The van der Waals surface area contributed by atoms with Crippen LogP contribution in [-0.2, 0) is 17.6 Å². The van der Waals surface area contributed by atoms with Crippen LogP contribution in [0.25, 0.3) is 10.9 Å². The highest BCUT2D eigenvalue weighted by Crippen LogP contribution is 2.13. The van der Waals surface area contributed by atoms with Crippen molar-refractivity contribution in [2.75, 3.05) is 6.54 Å². The van der Waals surface area contributed by atoms with Gasteiger partial charge in [-0.3, -0.25) is 9.59 Å². The minimum atomic E-state index is -0.270. The predicted molar refractivity (Wildman–Crippen MR) is 101 cm³/mol. The third kappa shape index (κ3) is 4.57. The molecule has 0 fully saturated rings. The van der Waals surface area contributed by atoms with Crippen LogP contribution in [0.1, 0.15) is 23.1 Å². The summed E-state index contributed by atoms with van der Waals surface area (Å²) in [4.78, 5) is 27.0. The monoisotopic (exact) mass is 352 g/mol. The van der Waals surface area contributed by atoms with Crippen LogP contribution in [0, 0.1) is 12.7 Å². The van der Waals surface area contributed by atoms with Gasteiger partial charge in [-0.25, -0.2) is 4.39 Å². The summed E-state index contributed by atoms with van der Waals surface area (Å²) >= 11 is 0. The number of pyridine rings is 1. The number of rotatable bonds is 6.